The third-order valence-electron chi connectivity index (χ3n) is 6.69. The molecule has 0 fully saturated rings. The van der Waals surface area contributed by atoms with E-state index in [2.05, 4.69) is 41.1 Å². The smallest absolute Gasteiger partial charge is 0.266 e. The maximum Gasteiger partial charge on any atom is 0.266 e. The molecule has 0 saturated carbocycles. The number of amides is 1. The van der Waals surface area contributed by atoms with E-state index in [-0.39, 0.29) is 17.9 Å². The molecule has 1 N–H and O–H groups in total. The normalized spacial score (nSPS) is 11.4. The first-order chi connectivity index (χ1) is 18.6. The molecule has 0 aliphatic carbocycles. The zero-order valence-electron chi connectivity index (χ0n) is 20.9. The van der Waals surface area contributed by atoms with Crippen molar-refractivity contribution in [2.75, 3.05) is 11.1 Å². The Bertz CT molecular complexity index is 1860. The Morgan fingerprint density at radius 1 is 0.842 bits per heavy atom. The van der Waals surface area contributed by atoms with E-state index in [0.29, 0.717) is 21.8 Å². The minimum Gasteiger partial charge on any atom is -0.341 e. The topological polar surface area (TPSA) is 68.9 Å². The van der Waals surface area contributed by atoms with Gasteiger partial charge in [0.2, 0.25) is 5.91 Å². The summed E-state index contributed by atoms with van der Waals surface area (Å²) in [6.07, 6.45) is 0.289. The first kappa shape index (κ1) is 24.0. The van der Waals surface area contributed by atoms with Crippen LogP contribution in [-0.4, -0.2) is 25.8 Å². The van der Waals surface area contributed by atoms with Gasteiger partial charge in [0.1, 0.15) is 0 Å². The van der Waals surface area contributed by atoms with E-state index in [1.807, 2.05) is 66.7 Å². The lowest BCUT2D eigenvalue weighted by atomic mass is 10.1. The van der Waals surface area contributed by atoms with E-state index in [1.54, 1.807) is 10.6 Å². The fourth-order valence-electron chi connectivity index (χ4n) is 4.94. The van der Waals surface area contributed by atoms with Crippen LogP contribution in [0.3, 0.4) is 0 Å². The minimum absolute atomic E-state index is 0.0783. The fourth-order valence-corrected chi connectivity index (χ4v) is 5.89. The zero-order valence-corrected chi connectivity index (χ0v) is 21.7. The minimum atomic E-state index is -0.117. The second kappa shape index (κ2) is 10.2. The van der Waals surface area contributed by atoms with Gasteiger partial charge >= 0.3 is 0 Å². The molecule has 4 aromatic carbocycles. The lowest BCUT2D eigenvalue weighted by Crippen LogP contribution is -2.22. The first-order valence-electron chi connectivity index (χ1n) is 12.6. The van der Waals surface area contributed by atoms with Crippen LogP contribution < -0.4 is 10.9 Å². The van der Waals surface area contributed by atoms with Crippen molar-refractivity contribution in [3.8, 4) is 5.69 Å². The number of carbonyl (C=O) groups excluding carboxylic acids is 1. The molecule has 0 saturated heterocycles. The van der Waals surface area contributed by atoms with Crippen molar-refractivity contribution >= 4 is 56.1 Å². The third kappa shape index (κ3) is 4.35. The number of aromatic nitrogens is 3. The van der Waals surface area contributed by atoms with Crippen LogP contribution in [0.2, 0.25) is 0 Å². The fraction of sp³-hybridized carbons (Fsp3) is 0.129. The quantitative estimate of drug-likeness (QED) is 0.190. The Labute approximate surface area is 223 Å². The maximum absolute atomic E-state index is 13.3. The highest BCUT2D eigenvalue weighted by Crippen LogP contribution is 2.31. The average Bonchev–Trinajstić information content (AvgIpc) is 3.26. The Balaban J connectivity index is 1.22. The van der Waals surface area contributed by atoms with Crippen LogP contribution in [0.15, 0.2) is 107 Å². The van der Waals surface area contributed by atoms with Crippen LogP contribution in [-0.2, 0) is 11.3 Å². The monoisotopic (exact) mass is 518 g/mol. The van der Waals surface area contributed by atoms with Gasteiger partial charge in [-0.1, -0.05) is 60.3 Å². The van der Waals surface area contributed by atoms with Crippen molar-refractivity contribution in [3.05, 3.63) is 107 Å². The number of nitrogens with zero attached hydrogens (tertiary/aromatic N) is 3. The summed E-state index contributed by atoms with van der Waals surface area (Å²) in [7, 11) is 0. The summed E-state index contributed by atoms with van der Waals surface area (Å²) in [5.74, 6) is 0.409. The predicted octanol–water partition coefficient (Wildman–Crippen LogP) is 6.63. The summed E-state index contributed by atoms with van der Waals surface area (Å²) in [5.41, 5.74) is 4.41. The number of aryl methyl sites for hydroxylation is 1. The molecule has 6 aromatic rings. The molecule has 0 aliphatic heterocycles. The van der Waals surface area contributed by atoms with Crippen LogP contribution in [0.1, 0.15) is 13.3 Å². The molecule has 7 heteroatoms. The average molecular weight is 519 g/mol. The van der Waals surface area contributed by atoms with E-state index in [9.17, 15) is 9.59 Å². The van der Waals surface area contributed by atoms with E-state index in [4.69, 9.17) is 4.98 Å². The number of hydrogen-bond donors (Lipinski definition) is 1. The van der Waals surface area contributed by atoms with Gasteiger partial charge in [0, 0.05) is 46.2 Å². The summed E-state index contributed by atoms with van der Waals surface area (Å²) < 4.78 is 3.91. The van der Waals surface area contributed by atoms with Crippen LogP contribution in [0.25, 0.3) is 38.4 Å². The molecule has 6 nitrogen and oxygen atoms in total. The summed E-state index contributed by atoms with van der Waals surface area (Å²) in [6.45, 7) is 3.02. The van der Waals surface area contributed by atoms with Crippen LogP contribution in [0.5, 0.6) is 0 Å². The van der Waals surface area contributed by atoms with E-state index in [1.165, 1.54) is 22.7 Å². The van der Waals surface area contributed by atoms with Crippen LogP contribution in [0.4, 0.5) is 5.69 Å². The van der Waals surface area contributed by atoms with Crippen LogP contribution in [0, 0.1) is 0 Å². The number of benzene rings is 4. The number of hydrogen-bond acceptors (Lipinski definition) is 4. The molecule has 0 bridgehead atoms. The molecule has 6 rings (SSSR count). The molecule has 0 unspecified atom stereocenters. The van der Waals surface area contributed by atoms with E-state index < -0.39 is 0 Å². The van der Waals surface area contributed by atoms with Gasteiger partial charge in [-0.2, -0.15) is 0 Å². The second-order valence-electron chi connectivity index (χ2n) is 9.03. The lowest BCUT2D eigenvalue weighted by molar-refractivity contribution is -0.115. The van der Waals surface area contributed by atoms with E-state index >= 15 is 0 Å². The highest BCUT2D eigenvalue weighted by molar-refractivity contribution is 7.99. The molecule has 2 aromatic heterocycles. The van der Waals surface area contributed by atoms with Gasteiger partial charge in [0.15, 0.2) is 5.16 Å². The van der Waals surface area contributed by atoms with Gasteiger partial charge < -0.3 is 9.88 Å². The molecule has 38 heavy (non-hydrogen) atoms. The van der Waals surface area contributed by atoms with Crippen molar-refractivity contribution in [2.45, 2.75) is 25.0 Å². The van der Waals surface area contributed by atoms with Gasteiger partial charge in [0.05, 0.1) is 16.6 Å². The Morgan fingerprint density at radius 3 is 2.37 bits per heavy atom. The number of carbonyl (C=O) groups is 1. The van der Waals surface area contributed by atoms with E-state index in [0.717, 1.165) is 28.8 Å². The number of fused-ring (bicyclic) bond motifs is 4. The molecule has 2 heterocycles. The second-order valence-corrected chi connectivity index (χ2v) is 10.1. The number of thioether (sulfide) groups is 1. The lowest BCUT2D eigenvalue weighted by Gasteiger charge is -2.13. The summed E-state index contributed by atoms with van der Waals surface area (Å²) in [4.78, 5) is 31.0. The number of nitrogens with one attached hydrogen (secondary N) is 1. The van der Waals surface area contributed by atoms with Gasteiger partial charge in [0.25, 0.3) is 5.56 Å². The number of para-hydroxylation sites is 3. The Hall–Kier alpha value is -4.36. The first-order valence-corrected chi connectivity index (χ1v) is 13.6. The number of rotatable bonds is 7. The maximum atomic E-state index is 13.3. The summed E-state index contributed by atoms with van der Waals surface area (Å²) in [5, 5.41) is 6.49. The largest absolute Gasteiger partial charge is 0.341 e. The van der Waals surface area contributed by atoms with Crippen molar-refractivity contribution in [3.63, 3.8) is 0 Å². The zero-order chi connectivity index (χ0) is 26.1. The molecule has 188 valence electrons. The molecule has 1 amide bonds. The predicted molar refractivity (Wildman–Crippen MR) is 156 cm³/mol. The highest BCUT2D eigenvalue weighted by atomic mass is 32.2. The molecule has 0 radical (unpaired) electrons. The van der Waals surface area contributed by atoms with Crippen LogP contribution >= 0.6 is 11.8 Å². The van der Waals surface area contributed by atoms with Crippen molar-refractivity contribution in [2.24, 2.45) is 0 Å². The SMILES string of the molecule is CCn1c2ccccc2c2cc(NC(=O)CCSc3nc4ccccc4c(=O)n3-c3ccccc3)ccc21. The number of anilines is 1. The molecule has 0 atom stereocenters. The molecule has 0 spiro atoms. The Morgan fingerprint density at radius 2 is 1.55 bits per heavy atom. The van der Waals surface area contributed by atoms with Crippen molar-refractivity contribution in [1.29, 1.82) is 0 Å². The van der Waals surface area contributed by atoms with Crippen molar-refractivity contribution < 1.29 is 4.79 Å². The third-order valence-corrected chi connectivity index (χ3v) is 7.63. The van der Waals surface area contributed by atoms with Crippen molar-refractivity contribution in [1.82, 2.24) is 14.1 Å². The van der Waals surface area contributed by atoms with Gasteiger partial charge in [-0.15, -0.1) is 0 Å². The summed E-state index contributed by atoms with van der Waals surface area (Å²) >= 11 is 1.41. The Kier molecular flexibility index (Phi) is 6.43. The highest BCUT2D eigenvalue weighted by Gasteiger charge is 2.15. The molecule has 0 aliphatic rings. The molecular formula is C31H26N4O2S. The van der Waals surface area contributed by atoms with Gasteiger partial charge in [-0.25, -0.2) is 4.98 Å². The summed E-state index contributed by atoms with van der Waals surface area (Å²) in [6, 6.07) is 31.3. The van der Waals surface area contributed by atoms with Gasteiger partial charge in [-0.05, 0) is 55.5 Å². The molecular weight excluding hydrogens is 492 g/mol. The van der Waals surface area contributed by atoms with Gasteiger partial charge in [-0.3, -0.25) is 14.2 Å². The standard InChI is InChI=1S/C31H26N4O2S/c1-2-34-27-15-9-7-12-23(27)25-20-21(16-17-28(25)34)32-29(36)18-19-38-31-33-26-14-8-6-13-24(26)30(37)35(31)22-10-4-3-5-11-22/h3-17,20H,2,18-19H2,1H3,(H,32,36).